The molecule has 0 aliphatic carbocycles. The third kappa shape index (κ3) is 3.27. The van der Waals surface area contributed by atoms with Gasteiger partial charge < -0.3 is 5.32 Å². The Labute approximate surface area is 148 Å². The number of hydrogen-bond acceptors (Lipinski definition) is 5. The van der Waals surface area contributed by atoms with Gasteiger partial charge in [0.25, 0.3) is 5.56 Å². The van der Waals surface area contributed by atoms with Gasteiger partial charge in [-0.15, -0.1) is 22.7 Å². The summed E-state index contributed by atoms with van der Waals surface area (Å²) in [5, 5.41) is 7.44. The van der Waals surface area contributed by atoms with Gasteiger partial charge in [-0.2, -0.15) is 0 Å². The summed E-state index contributed by atoms with van der Waals surface area (Å²) >= 11 is 3.04. The molecule has 0 aromatic carbocycles. The first-order valence-electron chi connectivity index (χ1n) is 7.77. The third-order valence-electron chi connectivity index (χ3n) is 4.05. The minimum atomic E-state index is -0.174. The molecule has 1 amide bonds. The molecule has 1 atom stereocenters. The lowest BCUT2D eigenvalue weighted by Gasteiger charge is -2.17. The molecule has 1 unspecified atom stereocenters. The van der Waals surface area contributed by atoms with Crippen LogP contribution in [-0.4, -0.2) is 21.5 Å². The van der Waals surface area contributed by atoms with Crippen LogP contribution in [0.2, 0.25) is 0 Å². The summed E-state index contributed by atoms with van der Waals surface area (Å²) in [5.74, 6) is 0.168. The van der Waals surface area contributed by atoms with Crippen molar-refractivity contribution in [3.8, 4) is 10.4 Å². The molecule has 0 saturated heterocycles. The quantitative estimate of drug-likeness (QED) is 0.758. The maximum absolute atomic E-state index is 12.8. The summed E-state index contributed by atoms with van der Waals surface area (Å²) in [6, 6.07) is 4.01. The van der Waals surface area contributed by atoms with E-state index in [1.807, 2.05) is 43.7 Å². The molecule has 0 radical (unpaired) electrons. The number of hydrogen-bond donors (Lipinski definition) is 1. The number of rotatable bonds is 5. The molecule has 0 fully saturated rings. The van der Waals surface area contributed by atoms with Gasteiger partial charge in [0.1, 0.15) is 11.4 Å². The molecule has 0 spiro atoms. The Morgan fingerprint density at radius 1 is 1.33 bits per heavy atom. The topological polar surface area (TPSA) is 64.0 Å². The summed E-state index contributed by atoms with van der Waals surface area (Å²) in [6.45, 7) is 6.03. The Hall–Kier alpha value is -1.99. The monoisotopic (exact) mass is 361 g/mol. The molecule has 126 valence electrons. The van der Waals surface area contributed by atoms with Crippen molar-refractivity contribution in [3.63, 3.8) is 0 Å². The third-order valence-corrected chi connectivity index (χ3v) is 5.84. The fraction of sp³-hybridized carbons (Fsp3) is 0.353. The first-order chi connectivity index (χ1) is 11.5. The van der Waals surface area contributed by atoms with Crippen LogP contribution in [0.1, 0.15) is 20.8 Å². The van der Waals surface area contributed by atoms with Crippen molar-refractivity contribution in [1.82, 2.24) is 14.9 Å². The minimum absolute atomic E-state index is 0.0153. The summed E-state index contributed by atoms with van der Waals surface area (Å²) < 4.78 is 1.38. The number of carbonyl (C=O) groups is 1. The Kier molecular flexibility index (Phi) is 4.82. The van der Waals surface area contributed by atoms with Crippen molar-refractivity contribution in [3.05, 3.63) is 39.6 Å². The summed E-state index contributed by atoms with van der Waals surface area (Å²) in [4.78, 5) is 31.1. The van der Waals surface area contributed by atoms with Crippen LogP contribution >= 0.6 is 22.7 Å². The van der Waals surface area contributed by atoms with Gasteiger partial charge in [0.15, 0.2) is 0 Å². The van der Waals surface area contributed by atoms with Gasteiger partial charge in [-0.3, -0.25) is 14.2 Å². The van der Waals surface area contributed by atoms with Crippen molar-refractivity contribution >= 4 is 38.8 Å². The Morgan fingerprint density at radius 2 is 2.12 bits per heavy atom. The molecular weight excluding hydrogens is 342 g/mol. The zero-order valence-corrected chi connectivity index (χ0v) is 15.4. The number of thiophene rings is 2. The molecule has 0 saturated carbocycles. The molecular formula is C17H19N3O2S2. The molecule has 5 nitrogen and oxygen atoms in total. The van der Waals surface area contributed by atoms with E-state index < -0.39 is 0 Å². The van der Waals surface area contributed by atoms with E-state index in [1.54, 1.807) is 11.3 Å². The van der Waals surface area contributed by atoms with Crippen molar-refractivity contribution in [2.75, 3.05) is 0 Å². The molecule has 3 aromatic rings. The molecule has 3 heterocycles. The fourth-order valence-electron chi connectivity index (χ4n) is 2.31. The summed E-state index contributed by atoms with van der Waals surface area (Å²) in [5.41, 5.74) is 0.727. The zero-order chi connectivity index (χ0) is 17.3. The summed E-state index contributed by atoms with van der Waals surface area (Å²) in [7, 11) is 0. The SMILES string of the molecule is CC(C)C(C)NC(=O)Cn1cnc2scc(-c3cccs3)c2c1=O. The van der Waals surface area contributed by atoms with Gasteiger partial charge >= 0.3 is 0 Å². The maximum atomic E-state index is 12.8. The first-order valence-corrected chi connectivity index (χ1v) is 9.53. The van der Waals surface area contributed by atoms with Crippen molar-refractivity contribution in [2.24, 2.45) is 5.92 Å². The second-order valence-corrected chi connectivity index (χ2v) is 7.89. The van der Waals surface area contributed by atoms with E-state index in [9.17, 15) is 9.59 Å². The van der Waals surface area contributed by atoms with Crippen LogP contribution in [0.15, 0.2) is 34.0 Å². The number of carbonyl (C=O) groups excluding carboxylic acids is 1. The van der Waals surface area contributed by atoms with E-state index in [0.717, 1.165) is 10.4 Å². The van der Waals surface area contributed by atoms with Crippen molar-refractivity contribution in [1.29, 1.82) is 0 Å². The number of nitrogens with zero attached hydrogens (tertiary/aromatic N) is 2. The normalized spacial score (nSPS) is 12.7. The largest absolute Gasteiger partial charge is 0.352 e. The van der Waals surface area contributed by atoms with Gasteiger partial charge in [0.05, 0.1) is 11.7 Å². The maximum Gasteiger partial charge on any atom is 0.263 e. The number of nitrogens with one attached hydrogen (secondary N) is 1. The molecule has 0 aliphatic rings. The fourth-order valence-corrected chi connectivity index (χ4v) is 4.04. The number of aromatic nitrogens is 2. The second kappa shape index (κ2) is 6.86. The minimum Gasteiger partial charge on any atom is -0.352 e. The number of fused-ring (bicyclic) bond motifs is 1. The van der Waals surface area contributed by atoms with Crippen LogP contribution in [0.25, 0.3) is 20.7 Å². The van der Waals surface area contributed by atoms with Crippen LogP contribution in [-0.2, 0) is 11.3 Å². The molecule has 24 heavy (non-hydrogen) atoms. The Bertz CT molecular complexity index is 910. The van der Waals surface area contributed by atoms with Crippen LogP contribution < -0.4 is 10.9 Å². The zero-order valence-electron chi connectivity index (χ0n) is 13.8. The standard InChI is InChI=1S/C17H19N3O2S2/c1-10(2)11(3)19-14(21)7-20-9-18-16-15(17(20)22)12(8-24-16)13-5-4-6-23-13/h4-6,8-11H,7H2,1-3H3,(H,19,21). The van der Waals surface area contributed by atoms with E-state index in [1.165, 1.54) is 22.2 Å². The number of amides is 1. The van der Waals surface area contributed by atoms with Crippen molar-refractivity contribution in [2.45, 2.75) is 33.4 Å². The van der Waals surface area contributed by atoms with E-state index >= 15 is 0 Å². The molecule has 3 rings (SSSR count). The van der Waals surface area contributed by atoms with E-state index in [2.05, 4.69) is 10.3 Å². The predicted molar refractivity (Wildman–Crippen MR) is 99.6 cm³/mol. The highest BCUT2D eigenvalue weighted by atomic mass is 32.1. The second-order valence-electron chi connectivity index (χ2n) is 6.08. The van der Waals surface area contributed by atoms with E-state index in [0.29, 0.717) is 16.1 Å². The lowest BCUT2D eigenvalue weighted by Crippen LogP contribution is -2.39. The van der Waals surface area contributed by atoms with Crippen LogP contribution in [0, 0.1) is 5.92 Å². The lowest BCUT2D eigenvalue weighted by atomic mass is 10.1. The molecule has 7 heteroatoms. The highest BCUT2D eigenvalue weighted by Gasteiger charge is 2.16. The molecule has 1 N–H and O–H groups in total. The Morgan fingerprint density at radius 3 is 2.79 bits per heavy atom. The smallest absolute Gasteiger partial charge is 0.263 e. The highest BCUT2D eigenvalue weighted by molar-refractivity contribution is 7.18. The van der Waals surface area contributed by atoms with Crippen LogP contribution in [0.3, 0.4) is 0 Å². The van der Waals surface area contributed by atoms with Gasteiger partial charge in [-0.05, 0) is 24.3 Å². The molecule has 0 aliphatic heterocycles. The average molecular weight is 361 g/mol. The summed E-state index contributed by atoms with van der Waals surface area (Å²) in [6.07, 6.45) is 1.46. The average Bonchev–Trinajstić information content (AvgIpc) is 3.18. The van der Waals surface area contributed by atoms with E-state index in [-0.39, 0.29) is 24.1 Å². The van der Waals surface area contributed by atoms with Crippen molar-refractivity contribution < 1.29 is 4.79 Å². The van der Waals surface area contributed by atoms with Crippen LogP contribution in [0.4, 0.5) is 0 Å². The van der Waals surface area contributed by atoms with Gasteiger partial charge in [-0.1, -0.05) is 19.9 Å². The highest BCUT2D eigenvalue weighted by Crippen LogP contribution is 2.33. The van der Waals surface area contributed by atoms with Gasteiger partial charge in [0.2, 0.25) is 5.91 Å². The molecule has 0 bridgehead atoms. The first kappa shape index (κ1) is 16.9. The van der Waals surface area contributed by atoms with Crippen LogP contribution in [0.5, 0.6) is 0 Å². The van der Waals surface area contributed by atoms with E-state index in [4.69, 9.17) is 0 Å². The van der Waals surface area contributed by atoms with Gasteiger partial charge in [-0.25, -0.2) is 4.98 Å². The lowest BCUT2D eigenvalue weighted by molar-refractivity contribution is -0.122. The van der Waals surface area contributed by atoms with Gasteiger partial charge in [0, 0.05) is 21.9 Å². The predicted octanol–water partition coefficient (Wildman–Crippen LogP) is 3.35. The molecule has 3 aromatic heterocycles. The Balaban J connectivity index is 1.93.